The van der Waals surface area contributed by atoms with E-state index in [1.165, 1.54) is 6.07 Å². The first-order valence-electron chi connectivity index (χ1n) is 5.31. The van der Waals surface area contributed by atoms with Gasteiger partial charge in [-0.05, 0) is 37.5 Å². The average molecular weight is 229 g/mol. The lowest BCUT2D eigenvalue weighted by molar-refractivity contribution is 0.151. The molecule has 1 atom stereocenters. The van der Waals surface area contributed by atoms with E-state index in [1.54, 1.807) is 6.92 Å². The molecule has 1 aliphatic rings. The fourth-order valence-corrected chi connectivity index (χ4v) is 2.16. The summed E-state index contributed by atoms with van der Waals surface area (Å²) < 4.78 is 38.7. The van der Waals surface area contributed by atoms with Crippen molar-refractivity contribution in [1.82, 2.24) is 0 Å². The van der Waals surface area contributed by atoms with Gasteiger partial charge in [-0.25, -0.2) is 13.2 Å². The first kappa shape index (κ1) is 11.5. The number of hydrogen-bond donors (Lipinski definition) is 1. The second-order valence-electron chi connectivity index (χ2n) is 4.48. The summed E-state index contributed by atoms with van der Waals surface area (Å²) in [7, 11) is 0. The second kappa shape index (κ2) is 3.77. The molecule has 1 nitrogen and oxygen atoms in total. The summed E-state index contributed by atoms with van der Waals surface area (Å²) in [6.45, 7) is 1.79. The third-order valence-electron chi connectivity index (χ3n) is 3.44. The van der Waals surface area contributed by atoms with Crippen molar-refractivity contribution in [1.29, 1.82) is 0 Å². The van der Waals surface area contributed by atoms with Crippen molar-refractivity contribution in [3.63, 3.8) is 0 Å². The molecule has 1 aromatic carbocycles. The van der Waals surface area contributed by atoms with Crippen LogP contribution in [0.1, 0.15) is 37.3 Å². The molecule has 1 saturated carbocycles. The number of nitrogens with two attached hydrogens (primary N) is 1. The van der Waals surface area contributed by atoms with E-state index >= 15 is 0 Å². The topological polar surface area (TPSA) is 26.0 Å². The summed E-state index contributed by atoms with van der Waals surface area (Å²) in [5.74, 6) is -0.431. The molecular formula is C12H14F3N. The summed E-state index contributed by atoms with van der Waals surface area (Å²) in [5, 5.41) is 0. The van der Waals surface area contributed by atoms with E-state index in [4.69, 9.17) is 5.73 Å². The molecule has 0 spiro atoms. The minimum Gasteiger partial charge on any atom is -0.327 e. The Morgan fingerprint density at radius 1 is 1.31 bits per heavy atom. The summed E-state index contributed by atoms with van der Waals surface area (Å²) in [5.41, 5.74) is 5.60. The first-order valence-corrected chi connectivity index (χ1v) is 5.31. The highest BCUT2D eigenvalue weighted by atomic mass is 19.3. The molecule has 16 heavy (non-hydrogen) atoms. The molecule has 0 heterocycles. The first-order chi connectivity index (χ1) is 7.47. The van der Waals surface area contributed by atoms with Crippen LogP contribution in [0.15, 0.2) is 18.2 Å². The van der Waals surface area contributed by atoms with Crippen molar-refractivity contribution in [3.8, 4) is 0 Å². The predicted octanol–water partition coefficient (Wildman–Crippen LogP) is 3.14. The van der Waals surface area contributed by atoms with Crippen LogP contribution in [0.4, 0.5) is 13.2 Å². The van der Waals surface area contributed by atoms with Crippen molar-refractivity contribution in [2.75, 3.05) is 0 Å². The molecular weight excluding hydrogens is 215 g/mol. The summed E-state index contributed by atoms with van der Waals surface area (Å²) in [4.78, 5) is 0. The minimum atomic E-state index is -2.57. The molecule has 1 unspecified atom stereocenters. The lowest BCUT2D eigenvalue weighted by Crippen LogP contribution is -2.32. The normalized spacial score (nSPS) is 19.9. The molecule has 0 saturated heterocycles. The molecule has 0 amide bonds. The Morgan fingerprint density at radius 3 is 2.38 bits per heavy atom. The largest absolute Gasteiger partial charge is 0.327 e. The van der Waals surface area contributed by atoms with Gasteiger partial charge >= 0.3 is 0 Å². The SMILES string of the molecule is CC(N)C1(c2cc(C(F)F)ccc2F)CC1. The van der Waals surface area contributed by atoms with E-state index in [9.17, 15) is 13.2 Å². The maximum Gasteiger partial charge on any atom is 0.263 e. The molecule has 1 fully saturated rings. The Morgan fingerprint density at radius 2 is 1.94 bits per heavy atom. The molecule has 0 aromatic heterocycles. The zero-order valence-corrected chi connectivity index (χ0v) is 9.01. The number of rotatable bonds is 3. The molecule has 0 aliphatic heterocycles. The monoisotopic (exact) mass is 229 g/mol. The molecule has 0 bridgehead atoms. The van der Waals surface area contributed by atoms with Crippen molar-refractivity contribution in [3.05, 3.63) is 35.1 Å². The van der Waals surface area contributed by atoms with Crippen LogP contribution in [0.5, 0.6) is 0 Å². The summed E-state index contributed by atoms with van der Waals surface area (Å²) in [6, 6.07) is 3.28. The van der Waals surface area contributed by atoms with Gasteiger partial charge < -0.3 is 5.73 Å². The van der Waals surface area contributed by atoms with Gasteiger partial charge in [0.25, 0.3) is 6.43 Å². The summed E-state index contributed by atoms with van der Waals surface area (Å²) >= 11 is 0. The highest BCUT2D eigenvalue weighted by Crippen LogP contribution is 2.51. The van der Waals surface area contributed by atoms with Crippen LogP contribution in [0.25, 0.3) is 0 Å². The van der Waals surface area contributed by atoms with E-state index in [-0.39, 0.29) is 11.6 Å². The molecule has 1 aromatic rings. The fourth-order valence-electron chi connectivity index (χ4n) is 2.16. The second-order valence-corrected chi connectivity index (χ2v) is 4.48. The van der Waals surface area contributed by atoms with Crippen molar-refractivity contribution in [2.45, 2.75) is 37.6 Å². The number of benzene rings is 1. The van der Waals surface area contributed by atoms with Gasteiger partial charge in [-0.2, -0.15) is 0 Å². The quantitative estimate of drug-likeness (QED) is 0.846. The number of hydrogen-bond acceptors (Lipinski definition) is 1. The third-order valence-corrected chi connectivity index (χ3v) is 3.44. The smallest absolute Gasteiger partial charge is 0.263 e. The maximum absolute atomic E-state index is 13.6. The van der Waals surface area contributed by atoms with Crippen LogP contribution in [-0.2, 0) is 5.41 Å². The van der Waals surface area contributed by atoms with Crippen LogP contribution >= 0.6 is 0 Å². The third kappa shape index (κ3) is 1.71. The van der Waals surface area contributed by atoms with E-state index in [2.05, 4.69) is 0 Å². The number of alkyl halides is 2. The molecule has 0 radical (unpaired) electrons. The van der Waals surface area contributed by atoms with Gasteiger partial charge in [0.1, 0.15) is 5.82 Å². The van der Waals surface area contributed by atoms with Crippen LogP contribution < -0.4 is 5.73 Å². The summed E-state index contributed by atoms with van der Waals surface area (Å²) in [6.07, 6.45) is -1.02. The highest BCUT2D eigenvalue weighted by Gasteiger charge is 2.49. The van der Waals surface area contributed by atoms with Gasteiger partial charge in [-0.3, -0.25) is 0 Å². The van der Waals surface area contributed by atoms with Crippen LogP contribution in [0.3, 0.4) is 0 Å². The van der Waals surface area contributed by atoms with Gasteiger partial charge in [0.15, 0.2) is 0 Å². The van der Waals surface area contributed by atoms with Gasteiger partial charge in [0.2, 0.25) is 0 Å². The van der Waals surface area contributed by atoms with E-state index < -0.39 is 17.7 Å². The Labute approximate surface area is 92.5 Å². The zero-order chi connectivity index (χ0) is 11.9. The standard InChI is InChI=1S/C12H14F3N/c1-7(16)12(4-5-12)9-6-8(11(14)15)2-3-10(9)13/h2-3,6-7,11H,4-5,16H2,1H3. The zero-order valence-electron chi connectivity index (χ0n) is 9.01. The van der Waals surface area contributed by atoms with Gasteiger partial charge in [-0.1, -0.05) is 6.07 Å². The van der Waals surface area contributed by atoms with Gasteiger partial charge in [0.05, 0.1) is 0 Å². The van der Waals surface area contributed by atoms with Crippen molar-refractivity contribution < 1.29 is 13.2 Å². The van der Waals surface area contributed by atoms with Gasteiger partial charge in [0, 0.05) is 17.0 Å². The highest BCUT2D eigenvalue weighted by molar-refractivity contribution is 5.38. The number of halogens is 3. The average Bonchev–Trinajstić information content (AvgIpc) is 2.98. The lowest BCUT2D eigenvalue weighted by Gasteiger charge is -2.21. The Kier molecular flexibility index (Phi) is 2.70. The van der Waals surface area contributed by atoms with Gasteiger partial charge in [-0.15, -0.1) is 0 Å². The molecule has 1 aliphatic carbocycles. The predicted molar refractivity (Wildman–Crippen MR) is 55.9 cm³/mol. The molecule has 4 heteroatoms. The molecule has 88 valence electrons. The van der Waals surface area contributed by atoms with Crippen LogP contribution in [-0.4, -0.2) is 6.04 Å². The van der Waals surface area contributed by atoms with E-state index in [1.807, 2.05) is 0 Å². The Hall–Kier alpha value is -1.03. The fraction of sp³-hybridized carbons (Fsp3) is 0.500. The van der Waals surface area contributed by atoms with Crippen LogP contribution in [0, 0.1) is 5.82 Å². The van der Waals surface area contributed by atoms with Crippen LogP contribution in [0.2, 0.25) is 0 Å². The van der Waals surface area contributed by atoms with Crippen molar-refractivity contribution >= 4 is 0 Å². The molecule has 2 N–H and O–H groups in total. The van der Waals surface area contributed by atoms with E-state index in [0.29, 0.717) is 5.56 Å². The van der Waals surface area contributed by atoms with E-state index in [0.717, 1.165) is 25.0 Å². The Bertz CT molecular complexity index is 397. The minimum absolute atomic E-state index is 0.136. The van der Waals surface area contributed by atoms with Crippen molar-refractivity contribution in [2.24, 2.45) is 5.73 Å². The Balaban J connectivity index is 2.44. The molecule has 2 rings (SSSR count). The lowest BCUT2D eigenvalue weighted by atomic mass is 9.88. The maximum atomic E-state index is 13.6.